The van der Waals surface area contributed by atoms with E-state index in [4.69, 9.17) is 0 Å². The summed E-state index contributed by atoms with van der Waals surface area (Å²) >= 11 is 1.64. The Balaban J connectivity index is 2.33. The van der Waals surface area contributed by atoms with E-state index in [1.807, 2.05) is 13.8 Å². The minimum atomic E-state index is 0.0169. The maximum Gasteiger partial charge on any atom is 0.251 e. The van der Waals surface area contributed by atoms with Crippen LogP contribution in [-0.2, 0) is 11.3 Å². The average molecular weight is 266 g/mol. The highest BCUT2D eigenvalue weighted by molar-refractivity contribution is 7.09. The van der Waals surface area contributed by atoms with Gasteiger partial charge in [-0.25, -0.2) is 0 Å². The summed E-state index contributed by atoms with van der Waals surface area (Å²) in [7, 11) is 0. The number of amides is 1. The van der Waals surface area contributed by atoms with Crippen molar-refractivity contribution in [2.24, 2.45) is 16.8 Å². The van der Waals surface area contributed by atoms with Crippen molar-refractivity contribution in [1.82, 2.24) is 4.57 Å². The quantitative estimate of drug-likeness (QED) is 0.824. The lowest BCUT2D eigenvalue weighted by Gasteiger charge is -2.05. The molecule has 100 valence electrons. The van der Waals surface area contributed by atoms with E-state index in [2.05, 4.69) is 23.4 Å². The Morgan fingerprint density at radius 3 is 2.72 bits per heavy atom. The first kappa shape index (κ1) is 13.5. The van der Waals surface area contributed by atoms with Gasteiger partial charge in [-0.05, 0) is 39.0 Å². The molecule has 0 radical (unpaired) electrons. The number of rotatable bonds is 4. The first-order valence-electron chi connectivity index (χ1n) is 6.78. The van der Waals surface area contributed by atoms with Crippen molar-refractivity contribution in [1.29, 1.82) is 0 Å². The zero-order valence-corrected chi connectivity index (χ0v) is 12.5. The van der Waals surface area contributed by atoms with Gasteiger partial charge in [0.15, 0.2) is 4.80 Å². The molecule has 1 amide bonds. The lowest BCUT2D eigenvalue weighted by atomic mass is 10.1. The fourth-order valence-corrected chi connectivity index (χ4v) is 2.82. The van der Waals surface area contributed by atoms with E-state index in [1.165, 1.54) is 23.4 Å². The third-order valence-electron chi connectivity index (χ3n) is 3.77. The predicted molar refractivity (Wildman–Crippen MR) is 74.5 cm³/mol. The molecule has 0 aromatic carbocycles. The van der Waals surface area contributed by atoms with Crippen LogP contribution in [0.25, 0.3) is 0 Å². The Labute approximate surface area is 113 Å². The molecule has 18 heavy (non-hydrogen) atoms. The molecule has 1 aliphatic rings. The van der Waals surface area contributed by atoms with Crippen molar-refractivity contribution in [2.75, 3.05) is 0 Å². The Morgan fingerprint density at radius 1 is 1.50 bits per heavy atom. The highest BCUT2D eigenvalue weighted by atomic mass is 32.1. The van der Waals surface area contributed by atoms with E-state index >= 15 is 0 Å². The van der Waals surface area contributed by atoms with Crippen LogP contribution in [0.4, 0.5) is 0 Å². The van der Waals surface area contributed by atoms with Crippen molar-refractivity contribution < 1.29 is 4.79 Å². The monoisotopic (exact) mass is 266 g/mol. The zero-order chi connectivity index (χ0) is 13.3. The molecule has 0 spiro atoms. The summed E-state index contributed by atoms with van der Waals surface area (Å²) < 4.78 is 2.23. The standard InChI is InChI=1S/C14H22N2OS/c1-5-9(2)13(17)15-14-16(8-12-6-7-12)10(3)11(4)18-14/h9,12H,5-8H2,1-4H3. The number of aryl methyl sites for hydroxylation is 1. The fraction of sp³-hybridized carbons (Fsp3) is 0.714. The second-order valence-electron chi connectivity index (χ2n) is 5.34. The molecule has 2 rings (SSSR count). The van der Waals surface area contributed by atoms with Crippen LogP contribution in [-0.4, -0.2) is 10.5 Å². The SMILES string of the molecule is CCC(C)C(=O)N=c1sc(C)c(C)n1CC1CC1. The molecule has 1 aromatic heterocycles. The van der Waals surface area contributed by atoms with Crippen LogP contribution in [0.5, 0.6) is 0 Å². The van der Waals surface area contributed by atoms with Gasteiger partial charge >= 0.3 is 0 Å². The second-order valence-corrected chi connectivity index (χ2v) is 6.52. The smallest absolute Gasteiger partial charge is 0.251 e. The topological polar surface area (TPSA) is 34.4 Å². The van der Waals surface area contributed by atoms with Crippen molar-refractivity contribution >= 4 is 17.2 Å². The maximum atomic E-state index is 11.9. The first-order chi connectivity index (χ1) is 8.52. The minimum Gasteiger partial charge on any atom is -0.320 e. The zero-order valence-electron chi connectivity index (χ0n) is 11.7. The third-order valence-corrected chi connectivity index (χ3v) is 4.86. The van der Waals surface area contributed by atoms with Gasteiger partial charge in [-0.1, -0.05) is 13.8 Å². The third kappa shape index (κ3) is 2.91. The summed E-state index contributed by atoms with van der Waals surface area (Å²) in [5.41, 5.74) is 1.27. The van der Waals surface area contributed by atoms with E-state index in [1.54, 1.807) is 11.3 Å². The van der Waals surface area contributed by atoms with E-state index in [9.17, 15) is 4.79 Å². The van der Waals surface area contributed by atoms with Crippen molar-refractivity contribution in [3.8, 4) is 0 Å². The number of hydrogen-bond acceptors (Lipinski definition) is 2. The normalized spacial score (nSPS) is 18.1. The summed E-state index contributed by atoms with van der Waals surface area (Å²) in [5, 5.41) is 0. The van der Waals surface area contributed by atoms with Crippen molar-refractivity contribution in [2.45, 2.75) is 53.5 Å². The molecule has 1 atom stereocenters. The summed E-state index contributed by atoms with van der Waals surface area (Å²) in [6, 6.07) is 0. The fourth-order valence-electron chi connectivity index (χ4n) is 1.84. The number of thiazole rings is 1. The Morgan fingerprint density at radius 2 is 2.17 bits per heavy atom. The molecular weight excluding hydrogens is 244 g/mol. The summed E-state index contributed by atoms with van der Waals surface area (Å²) in [6.07, 6.45) is 3.49. The molecule has 1 heterocycles. The molecule has 4 heteroatoms. The number of carbonyl (C=O) groups is 1. The van der Waals surface area contributed by atoms with Gasteiger partial charge in [-0.2, -0.15) is 4.99 Å². The maximum absolute atomic E-state index is 11.9. The summed E-state index contributed by atoms with van der Waals surface area (Å²) in [5.74, 6) is 0.848. The van der Waals surface area contributed by atoms with Gasteiger partial charge in [0, 0.05) is 23.0 Å². The highest BCUT2D eigenvalue weighted by Crippen LogP contribution is 2.31. The molecule has 1 aliphatic carbocycles. The molecule has 0 aliphatic heterocycles. The number of nitrogens with zero attached hydrogens (tertiary/aromatic N) is 2. The molecule has 1 aromatic rings. The largest absolute Gasteiger partial charge is 0.320 e. The number of carbonyl (C=O) groups excluding carboxylic acids is 1. The lowest BCUT2D eigenvalue weighted by molar-refractivity contribution is -0.121. The Kier molecular flexibility index (Phi) is 4.05. The van der Waals surface area contributed by atoms with Gasteiger partial charge in [-0.15, -0.1) is 11.3 Å². The van der Waals surface area contributed by atoms with Gasteiger partial charge in [-0.3, -0.25) is 4.79 Å². The molecule has 1 unspecified atom stereocenters. The Hall–Kier alpha value is -0.900. The van der Waals surface area contributed by atoms with Crippen molar-refractivity contribution in [3.63, 3.8) is 0 Å². The summed E-state index contributed by atoms with van der Waals surface area (Å²) in [4.78, 5) is 18.4. The molecular formula is C14H22N2OS. The van der Waals surface area contributed by atoms with Crippen LogP contribution >= 0.6 is 11.3 Å². The van der Waals surface area contributed by atoms with E-state index in [0.717, 1.165) is 23.7 Å². The van der Waals surface area contributed by atoms with Crippen LogP contribution < -0.4 is 4.80 Å². The lowest BCUT2D eigenvalue weighted by Crippen LogP contribution is -2.21. The summed E-state index contributed by atoms with van der Waals surface area (Å²) in [6.45, 7) is 9.24. The van der Waals surface area contributed by atoms with Gasteiger partial charge in [0.25, 0.3) is 5.91 Å². The molecule has 3 nitrogen and oxygen atoms in total. The van der Waals surface area contributed by atoms with Gasteiger partial charge in [0.2, 0.25) is 0 Å². The van der Waals surface area contributed by atoms with E-state index < -0.39 is 0 Å². The molecule has 0 bridgehead atoms. The molecule has 1 saturated carbocycles. The van der Waals surface area contributed by atoms with Crippen LogP contribution in [0.3, 0.4) is 0 Å². The van der Waals surface area contributed by atoms with Gasteiger partial charge < -0.3 is 4.57 Å². The van der Waals surface area contributed by atoms with E-state index in [-0.39, 0.29) is 11.8 Å². The number of hydrogen-bond donors (Lipinski definition) is 0. The van der Waals surface area contributed by atoms with Crippen LogP contribution in [0, 0.1) is 25.7 Å². The average Bonchev–Trinajstić information content (AvgIpc) is 3.12. The van der Waals surface area contributed by atoms with Gasteiger partial charge in [0.1, 0.15) is 0 Å². The van der Waals surface area contributed by atoms with Crippen molar-refractivity contribution in [3.05, 3.63) is 15.4 Å². The number of aromatic nitrogens is 1. The van der Waals surface area contributed by atoms with E-state index in [0.29, 0.717) is 0 Å². The molecule has 0 saturated heterocycles. The molecule has 0 N–H and O–H groups in total. The minimum absolute atomic E-state index is 0.0169. The van der Waals surface area contributed by atoms with Crippen LogP contribution in [0.2, 0.25) is 0 Å². The predicted octanol–water partition coefficient (Wildman–Crippen LogP) is 3.05. The second kappa shape index (κ2) is 5.39. The first-order valence-corrected chi connectivity index (χ1v) is 7.60. The van der Waals surface area contributed by atoms with Gasteiger partial charge in [0.05, 0.1) is 0 Å². The van der Waals surface area contributed by atoms with Crippen LogP contribution in [0.1, 0.15) is 43.7 Å². The Bertz CT molecular complexity index is 508. The highest BCUT2D eigenvalue weighted by Gasteiger charge is 2.23. The van der Waals surface area contributed by atoms with Crippen LogP contribution in [0.15, 0.2) is 4.99 Å². The molecule has 1 fully saturated rings.